The number of likely N-dealkylation sites (tertiary alicyclic amines) is 1. The first-order valence-corrected chi connectivity index (χ1v) is 5.94. The Morgan fingerprint density at radius 2 is 2.13 bits per heavy atom. The fourth-order valence-electron chi connectivity index (χ4n) is 2.95. The van der Waals surface area contributed by atoms with Crippen LogP contribution in [0.25, 0.3) is 0 Å². The van der Waals surface area contributed by atoms with Gasteiger partial charge in [0.15, 0.2) is 0 Å². The second-order valence-electron chi connectivity index (χ2n) is 5.07. The molecule has 0 amide bonds. The third-order valence-electron chi connectivity index (χ3n) is 3.45. The quantitative estimate of drug-likeness (QED) is 0.781. The zero-order valence-corrected chi connectivity index (χ0v) is 10.1. The molecule has 0 radical (unpaired) electrons. The van der Waals surface area contributed by atoms with E-state index in [4.69, 9.17) is 5.11 Å². The topological polar surface area (TPSA) is 40.5 Å². The van der Waals surface area contributed by atoms with Crippen molar-refractivity contribution in [3.8, 4) is 0 Å². The molecule has 0 saturated carbocycles. The molecule has 15 heavy (non-hydrogen) atoms. The molecular formula is C12H23NO2. The molecule has 2 atom stereocenters. The fourth-order valence-corrected chi connectivity index (χ4v) is 2.95. The minimum Gasteiger partial charge on any atom is -0.481 e. The number of nitrogens with zero attached hydrogens (tertiary/aromatic N) is 1. The number of rotatable bonds is 3. The molecule has 1 aliphatic rings. The van der Waals surface area contributed by atoms with Crippen LogP contribution in [0.2, 0.25) is 0 Å². The standard InChI is InChI=1S/C12H23NO2/c1-9(2)12-10(8-11(14)15)6-4-5-7-13(12)3/h9-10,12H,4-8H2,1-3H3,(H,14,15)/t10-,12-/m1/s1. The smallest absolute Gasteiger partial charge is 0.303 e. The Kier molecular flexibility index (Phi) is 4.58. The van der Waals surface area contributed by atoms with Crippen molar-refractivity contribution in [1.82, 2.24) is 4.90 Å². The third kappa shape index (κ3) is 3.49. The summed E-state index contributed by atoms with van der Waals surface area (Å²) in [5.74, 6) is 0.216. The molecule has 0 spiro atoms. The van der Waals surface area contributed by atoms with E-state index in [2.05, 4.69) is 25.8 Å². The first kappa shape index (κ1) is 12.5. The second-order valence-corrected chi connectivity index (χ2v) is 5.07. The van der Waals surface area contributed by atoms with Crippen LogP contribution in [-0.2, 0) is 4.79 Å². The van der Waals surface area contributed by atoms with E-state index in [1.807, 2.05) is 0 Å². The molecule has 1 aliphatic heterocycles. The van der Waals surface area contributed by atoms with Crippen LogP contribution in [0.3, 0.4) is 0 Å². The molecule has 0 aromatic heterocycles. The van der Waals surface area contributed by atoms with E-state index in [0.29, 0.717) is 24.3 Å². The maximum atomic E-state index is 10.8. The van der Waals surface area contributed by atoms with Gasteiger partial charge < -0.3 is 10.0 Å². The van der Waals surface area contributed by atoms with Gasteiger partial charge in [-0.1, -0.05) is 20.3 Å². The number of aliphatic carboxylic acids is 1. The van der Waals surface area contributed by atoms with Crippen molar-refractivity contribution >= 4 is 5.97 Å². The molecule has 3 nitrogen and oxygen atoms in total. The van der Waals surface area contributed by atoms with Crippen LogP contribution in [0, 0.1) is 11.8 Å². The molecule has 3 heteroatoms. The maximum absolute atomic E-state index is 10.8. The zero-order chi connectivity index (χ0) is 11.4. The van der Waals surface area contributed by atoms with Crippen molar-refractivity contribution in [2.24, 2.45) is 11.8 Å². The summed E-state index contributed by atoms with van der Waals surface area (Å²) >= 11 is 0. The van der Waals surface area contributed by atoms with Crippen LogP contribution in [0.5, 0.6) is 0 Å². The van der Waals surface area contributed by atoms with Crippen LogP contribution >= 0.6 is 0 Å². The first-order valence-electron chi connectivity index (χ1n) is 5.94. The normalized spacial score (nSPS) is 29.1. The molecule has 0 bridgehead atoms. The lowest BCUT2D eigenvalue weighted by Gasteiger charge is -2.34. The van der Waals surface area contributed by atoms with Crippen LogP contribution in [-0.4, -0.2) is 35.6 Å². The van der Waals surface area contributed by atoms with Gasteiger partial charge in [0.25, 0.3) is 0 Å². The fraction of sp³-hybridized carbons (Fsp3) is 0.917. The second kappa shape index (κ2) is 5.50. The summed E-state index contributed by atoms with van der Waals surface area (Å²) in [6.07, 6.45) is 3.77. The average molecular weight is 213 g/mol. The Balaban J connectivity index is 2.72. The van der Waals surface area contributed by atoms with Gasteiger partial charge in [-0.2, -0.15) is 0 Å². The molecule has 0 aromatic carbocycles. The zero-order valence-electron chi connectivity index (χ0n) is 10.1. The molecular weight excluding hydrogens is 190 g/mol. The molecule has 0 aliphatic carbocycles. The van der Waals surface area contributed by atoms with Crippen LogP contribution in [0.1, 0.15) is 39.5 Å². The van der Waals surface area contributed by atoms with Gasteiger partial charge in [-0.15, -0.1) is 0 Å². The summed E-state index contributed by atoms with van der Waals surface area (Å²) in [5.41, 5.74) is 0. The van der Waals surface area contributed by atoms with Gasteiger partial charge in [0.05, 0.1) is 0 Å². The predicted molar refractivity (Wildman–Crippen MR) is 60.8 cm³/mol. The first-order chi connectivity index (χ1) is 7.02. The molecule has 1 saturated heterocycles. The van der Waals surface area contributed by atoms with Gasteiger partial charge >= 0.3 is 5.97 Å². The summed E-state index contributed by atoms with van der Waals surface area (Å²) in [6.45, 7) is 5.50. The Bertz CT molecular complexity index is 216. The average Bonchev–Trinajstić information content (AvgIpc) is 2.26. The summed E-state index contributed by atoms with van der Waals surface area (Å²) in [5, 5.41) is 8.92. The molecule has 0 unspecified atom stereocenters. The van der Waals surface area contributed by atoms with Crippen molar-refractivity contribution in [2.45, 2.75) is 45.6 Å². The van der Waals surface area contributed by atoms with Crippen LogP contribution in [0.15, 0.2) is 0 Å². The minimum absolute atomic E-state index is 0.327. The summed E-state index contributed by atoms with van der Waals surface area (Å²) < 4.78 is 0. The Labute approximate surface area is 92.5 Å². The SMILES string of the molecule is CC(C)[C@@H]1[C@@H](CC(=O)O)CCCCN1C. The molecule has 0 aromatic rings. The monoisotopic (exact) mass is 213 g/mol. The Morgan fingerprint density at radius 3 is 2.67 bits per heavy atom. The van der Waals surface area contributed by atoms with E-state index in [-0.39, 0.29) is 0 Å². The molecule has 1 heterocycles. The molecule has 1 fully saturated rings. The van der Waals surface area contributed by atoms with Crippen molar-refractivity contribution in [3.63, 3.8) is 0 Å². The molecule has 1 rings (SSSR count). The van der Waals surface area contributed by atoms with E-state index in [1.165, 1.54) is 12.8 Å². The van der Waals surface area contributed by atoms with E-state index in [0.717, 1.165) is 13.0 Å². The highest BCUT2D eigenvalue weighted by molar-refractivity contribution is 5.67. The number of hydrogen-bond acceptors (Lipinski definition) is 2. The summed E-state index contributed by atoms with van der Waals surface area (Å²) in [4.78, 5) is 13.2. The van der Waals surface area contributed by atoms with Gasteiger partial charge in [0.1, 0.15) is 0 Å². The lowest BCUT2D eigenvalue weighted by Crippen LogP contribution is -2.41. The van der Waals surface area contributed by atoms with Crippen LogP contribution < -0.4 is 0 Å². The van der Waals surface area contributed by atoms with E-state index < -0.39 is 5.97 Å². The van der Waals surface area contributed by atoms with Crippen molar-refractivity contribution in [3.05, 3.63) is 0 Å². The largest absolute Gasteiger partial charge is 0.481 e. The number of carboxylic acids is 1. The Hall–Kier alpha value is -0.570. The van der Waals surface area contributed by atoms with Gasteiger partial charge in [0, 0.05) is 12.5 Å². The molecule has 88 valence electrons. The third-order valence-corrected chi connectivity index (χ3v) is 3.45. The maximum Gasteiger partial charge on any atom is 0.303 e. The number of carbonyl (C=O) groups is 1. The van der Waals surface area contributed by atoms with Crippen molar-refractivity contribution in [1.29, 1.82) is 0 Å². The lowest BCUT2D eigenvalue weighted by atomic mass is 9.85. The highest BCUT2D eigenvalue weighted by Gasteiger charge is 2.31. The van der Waals surface area contributed by atoms with Crippen molar-refractivity contribution in [2.75, 3.05) is 13.6 Å². The highest BCUT2D eigenvalue weighted by atomic mass is 16.4. The number of hydrogen-bond donors (Lipinski definition) is 1. The summed E-state index contributed by atoms with van der Waals surface area (Å²) in [6, 6.07) is 0.434. The van der Waals surface area contributed by atoms with Gasteiger partial charge in [-0.3, -0.25) is 4.79 Å². The van der Waals surface area contributed by atoms with Gasteiger partial charge in [-0.25, -0.2) is 0 Å². The van der Waals surface area contributed by atoms with E-state index in [1.54, 1.807) is 0 Å². The van der Waals surface area contributed by atoms with Gasteiger partial charge in [0.2, 0.25) is 0 Å². The van der Waals surface area contributed by atoms with Crippen molar-refractivity contribution < 1.29 is 9.90 Å². The van der Waals surface area contributed by atoms with Crippen LogP contribution in [0.4, 0.5) is 0 Å². The van der Waals surface area contributed by atoms with E-state index in [9.17, 15) is 4.79 Å². The number of carboxylic acid groups (broad SMARTS) is 1. The Morgan fingerprint density at radius 1 is 1.47 bits per heavy atom. The van der Waals surface area contributed by atoms with E-state index >= 15 is 0 Å². The molecule has 1 N–H and O–H groups in total. The van der Waals surface area contributed by atoms with Gasteiger partial charge in [-0.05, 0) is 38.3 Å². The lowest BCUT2D eigenvalue weighted by molar-refractivity contribution is -0.138. The highest BCUT2D eigenvalue weighted by Crippen LogP contribution is 2.29. The predicted octanol–water partition coefficient (Wildman–Crippen LogP) is 2.22. The summed E-state index contributed by atoms with van der Waals surface area (Å²) in [7, 11) is 2.13. The minimum atomic E-state index is -0.652.